The van der Waals surface area contributed by atoms with E-state index in [-0.39, 0.29) is 5.91 Å². The van der Waals surface area contributed by atoms with Gasteiger partial charge in [0.15, 0.2) is 16.6 Å². The molecule has 1 heterocycles. The normalized spacial score (nSPS) is 10.3. The number of carbonyl (C=O) groups excluding carboxylic acids is 1. The van der Waals surface area contributed by atoms with Crippen LogP contribution in [0.2, 0.25) is 0 Å². The van der Waals surface area contributed by atoms with E-state index in [0.717, 1.165) is 10.2 Å². The molecule has 2 N–H and O–H groups in total. The van der Waals surface area contributed by atoms with E-state index in [1.54, 1.807) is 25.7 Å². The first-order valence-electron chi connectivity index (χ1n) is 7.60. The van der Waals surface area contributed by atoms with Crippen molar-refractivity contribution in [3.05, 3.63) is 58.0 Å². The van der Waals surface area contributed by atoms with Gasteiger partial charge in [-0.15, -0.1) is 11.3 Å². The van der Waals surface area contributed by atoms with Gasteiger partial charge in [-0.1, -0.05) is 22.0 Å². The van der Waals surface area contributed by atoms with E-state index in [0.29, 0.717) is 28.0 Å². The van der Waals surface area contributed by atoms with Gasteiger partial charge in [0.2, 0.25) is 0 Å². The summed E-state index contributed by atoms with van der Waals surface area (Å²) in [5.41, 5.74) is 1.83. The molecule has 0 unspecified atom stereocenters. The molecule has 3 aromatic rings. The number of aromatic nitrogens is 1. The number of carbonyl (C=O) groups is 1. The first-order chi connectivity index (χ1) is 12.6. The van der Waals surface area contributed by atoms with Crippen LogP contribution >= 0.6 is 27.3 Å². The molecule has 8 heteroatoms. The van der Waals surface area contributed by atoms with Crippen molar-refractivity contribution in [2.24, 2.45) is 0 Å². The van der Waals surface area contributed by atoms with E-state index in [4.69, 9.17) is 9.47 Å². The van der Waals surface area contributed by atoms with Gasteiger partial charge in [0.1, 0.15) is 5.69 Å². The van der Waals surface area contributed by atoms with Crippen LogP contribution in [-0.2, 0) is 0 Å². The fourth-order valence-electron chi connectivity index (χ4n) is 2.23. The molecule has 134 valence electrons. The lowest BCUT2D eigenvalue weighted by atomic mass is 10.3. The summed E-state index contributed by atoms with van der Waals surface area (Å²) in [6, 6.07) is 12.8. The predicted octanol–water partition coefficient (Wildman–Crippen LogP) is 4.92. The number of hydrogen-bond acceptors (Lipinski definition) is 6. The molecule has 26 heavy (non-hydrogen) atoms. The molecule has 1 amide bonds. The maximum absolute atomic E-state index is 12.3. The second-order valence-corrected chi connectivity index (χ2v) is 6.97. The Morgan fingerprint density at radius 3 is 2.62 bits per heavy atom. The summed E-state index contributed by atoms with van der Waals surface area (Å²) in [6.07, 6.45) is 0. The van der Waals surface area contributed by atoms with E-state index in [1.807, 2.05) is 36.4 Å². The largest absolute Gasteiger partial charge is 0.493 e. The third-order valence-corrected chi connectivity index (χ3v) is 4.71. The fraction of sp³-hybridized carbons (Fsp3) is 0.111. The highest BCUT2D eigenvalue weighted by Crippen LogP contribution is 2.31. The minimum absolute atomic E-state index is 0.264. The number of halogens is 1. The van der Waals surface area contributed by atoms with E-state index >= 15 is 0 Å². The number of rotatable bonds is 6. The van der Waals surface area contributed by atoms with Crippen molar-refractivity contribution >= 4 is 49.7 Å². The minimum Gasteiger partial charge on any atom is -0.493 e. The monoisotopic (exact) mass is 433 g/mol. The van der Waals surface area contributed by atoms with Crippen LogP contribution in [0, 0.1) is 0 Å². The van der Waals surface area contributed by atoms with Crippen LogP contribution in [-0.4, -0.2) is 25.1 Å². The number of nitrogens with zero attached hydrogens (tertiary/aromatic N) is 1. The Kier molecular flexibility index (Phi) is 5.75. The third-order valence-electron chi connectivity index (χ3n) is 3.45. The Hall–Kier alpha value is -2.58. The number of benzene rings is 2. The molecule has 0 radical (unpaired) electrons. The van der Waals surface area contributed by atoms with E-state index in [9.17, 15) is 4.79 Å². The molecule has 0 saturated heterocycles. The molecule has 3 rings (SSSR count). The van der Waals surface area contributed by atoms with Crippen molar-refractivity contribution < 1.29 is 14.3 Å². The highest BCUT2D eigenvalue weighted by atomic mass is 79.9. The third kappa shape index (κ3) is 4.33. The Morgan fingerprint density at radius 2 is 1.88 bits per heavy atom. The summed E-state index contributed by atoms with van der Waals surface area (Å²) >= 11 is 4.72. The zero-order valence-corrected chi connectivity index (χ0v) is 16.5. The molecule has 0 spiro atoms. The topological polar surface area (TPSA) is 72.5 Å². The molecule has 0 aliphatic carbocycles. The van der Waals surface area contributed by atoms with Gasteiger partial charge in [-0.3, -0.25) is 4.79 Å². The summed E-state index contributed by atoms with van der Waals surface area (Å²) in [5, 5.41) is 8.30. The standard InChI is InChI=1S/C18H16BrN3O3S/c1-24-15-7-6-13(9-16(15)25-2)21-18-22-14(10-26-18)17(23)20-12-5-3-4-11(19)8-12/h3-10H,1-2H3,(H,20,23)(H,21,22). The van der Waals surface area contributed by atoms with Crippen LogP contribution in [0.4, 0.5) is 16.5 Å². The molecule has 0 bridgehead atoms. The van der Waals surface area contributed by atoms with Gasteiger partial charge in [-0.2, -0.15) is 0 Å². The lowest BCUT2D eigenvalue weighted by Crippen LogP contribution is -2.12. The number of ether oxygens (including phenoxy) is 2. The van der Waals surface area contributed by atoms with Gasteiger partial charge < -0.3 is 20.1 Å². The van der Waals surface area contributed by atoms with Crippen LogP contribution in [0.1, 0.15) is 10.5 Å². The first kappa shape index (κ1) is 18.2. The van der Waals surface area contributed by atoms with Gasteiger partial charge in [0, 0.05) is 27.3 Å². The SMILES string of the molecule is COc1ccc(Nc2nc(C(=O)Nc3cccc(Br)c3)cs2)cc1OC. The van der Waals surface area contributed by atoms with Gasteiger partial charge in [-0.25, -0.2) is 4.98 Å². The Bertz CT molecular complexity index is 930. The smallest absolute Gasteiger partial charge is 0.275 e. The van der Waals surface area contributed by atoms with E-state index in [1.165, 1.54) is 11.3 Å². The zero-order chi connectivity index (χ0) is 18.5. The van der Waals surface area contributed by atoms with Crippen molar-refractivity contribution in [3.63, 3.8) is 0 Å². The number of methoxy groups -OCH3 is 2. The molecule has 1 aromatic heterocycles. The number of nitrogens with one attached hydrogen (secondary N) is 2. The van der Waals surface area contributed by atoms with Crippen LogP contribution in [0.25, 0.3) is 0 Å². The molecule has 0 aliphatic rings. The summed E-state index contributed by atoms with van der Waals surface area (Å²) in [7, 11) is 3.16. The molecule has 6 nitrogen and oxygen atoms in total. The molecule has 0 fully saturated rings. The minimum atomic E-state index is -0.264. The maximum Gasteiger partial charge on any atom is 0.275 e. The van der Waals surface area contributed by atoms with Crippen LogP contribution < -0.4 is 20.1 Å². The number of amides is 1. The highest BCUT2D eigenvalue weighted by Gasteiger charge is 2.12. The Labute approximate surface area is 163 Å². The zero-order valence-electron chi connectivity index (χ0n) is 14.1. The van der Waals surface area contributed by atoms with Gasteiger partial charge >= 0.3 is 0 Å². The fourth-order valence-corrected chi connectivity index (χ4v) is 3.34. The van der Waals surface area contributed by atoms with Gasteiger partial charge in [0.25, 0.3) is 5.91 Å². The van der Waals surface area contributed by atoms with Crippen molar-refractivity contribution in [2.45, 2.75) is 0 Å². The van der Waals surface area contributed by atoms with Gasteiger partial charge in [-0.05, 0) is 30.3 Å². The summed E-state index contributed by atoms with van der Waals surface area (Å²) in [6.45, 7) is 0. The Balaban J connectivity index is 1.70. The van der Waals surface area contributed by atoms with Crippen LogP contribution in [0.3, 0.4) is 0 Å². The first-order valence-corrected chi connectivity index (χ1v) is 9.28. The highest BCUT2D eigenvalue weighted by molar-refractivity contribution is 9.10. The molecular weight excluding hydrogens is 418 g/mol. The van der Waals surface area contributed by atoms with Crippen molar-refractivity contribution in [2.75, 3.05) is 24.9 Å². The Morgan fingerprint density at radius 1 is 1.08 bits per heavy atom. The lowest BCUT2D eigenvalue weighted by molar-refractivity contribution is 0.102. The molecule has 0 aliphatic heterocycles. The van der Waals surface area contributed by atoms with Crippen molar-refractivity contribution in [1.82, 2.24) is 4.98 Å². The number of thiazole rings is 1. The van der Waals surface area contributed by atoms with Crippen molar-refractivity contribution in [3.8, 4) is 11.5 Å². The predicted molar refractivity (Wildman–Crippen MR) is 107 cm³/mol. The summed E-state index contributed by atoms with van der Waals surface area (Å²) in [5.74, 6) is 0.993. The average molecular weight is 434 g/mol. The number of hydrogen-bond donors (Lipinski definition) is 2. The molecular formula is C18H16BrN3O3S. The van der Waals surface area contributed by atoms with Crippen LogP contribution in [0.5, 0.6) is 11.5 Å². The molecule has 0 saturated carbocycles. The second kappa shape index (κ2) is 8.20. The van der Waals surface area contributed by atoms with E-state index < -0.39 is 0 Å². The lowest BCUT2D eigenvalue weighted by Gasteiger charge is -2.09. The maximum atomic E-state index is 12.3. The molecule has 0 atom stereocenters. The van der Waals surface area contributed by atoms with Gasteiger partial charge in [0.05, 0.1) is 14.2 Å². The average Bonchev–Trinajstić information content (AvgIpc) is 3.10. The van der Waals surface area contributed by atoms with E-state index in [2.05, 4.69) is 31.5 Å². The number of anilines is 3. The second-order valence-electron chi connectivity index (χ2n) is 5.20. The molecule has 2 aromatic carbocycles. The quantitative estimate of drug-likeness (QED) is 0.576. The van der Waals surface area contributed by atoms with Crippen LogP contribution in [0.15, 0.2) is 52.3 Å². The van der Waals surface area contributed by atoms with Crippen molar-refractivity contribution in [1.29, 1.82) is 0 Å². The summed E-state index contributed by atoms with van der Waals surface area (Å²) < 4.78 is 11.4. The summed E-state index contributed by atoms with van der Waals surface area (Å²) in [4.78, 5) is 16.7.